The van der Waals surface area contributed by atoms with Crippen LogP contribution >= 0.6 is 0 Å². The number of fused-ring (bicyclic) bond motifs is 1. The van der Waals surface area contributed by atoms with Gasteiger partial charge < -0.3 is 20.1 Å². The molecule has 1 amide bonds. The van der Waals surface area contributed by atoms with E-state index < -0.39 is 23.1 Å². The number of aromatic amines is 1. The number of carboxylic acid groups (broad SMARTS) is 1. The third kappa shape index (κ3) is 3.06. The Bertz CT molecular complexity index is 765. The summed E-state index contributed by atoms with van der Waals surface area (Å²) >= 11 is 0. The summed E-state index contributed by atoms with van der Waals surface area (Å²) in [6.07, 6.45) is 0.794. The predicted molar refractivity (Wildman–Crippen MR) is 87.8 cm³/mol. The normalized spacial score (nSPS) is 11.5. The third-order valence-corrected chi connectivity index (χ3v) is 4.56. The number of carbonyl (C=O) groups is 2. The summed E-state index contributed by atoms with van der Waals surface area (Å²) in [5, 5.41) is 12.5. The summed E-state index contributed by atoms with van der Waals surface area (Å²) in [6, 6.07) is 4.23. The lowest BCUT2D eigenvalue weighted by atomic mass is 9.82. The van der Waals surface area contributed by atoms with E-state index in [4.69, 9.17) is 4.74 Å². The molecule has 0 bridgehead atoms. The molecule has 0 aliphatic heterocycles. The van der Waals surface area contributed by atoms with Gasteiger partial charge in [0.05, 0.1) is 18.0 Å². The van der Waals surface area contributed by atoms with E-state index in [-0.39, 0.29) is 17.8 Å². The first-order chi connectivity index (χ1) is 11.4. The molecule has 0 fully saturated rings. The Morgan fingerprint density at radius 1 is 1.33 bits per heavy atom. The minimum Gasteiger partial charge on any atom is -0.496 e. The van der Waals surface area contributed by atoms with Crippen LogP contribution < -0.4 is 10.1 Å². The molecule has 0 aliphatic rings. The van der Waals surface area contributed by atoms with Gasteiger partial charge in [-0.2, -0.15) is 0 Å². The van der Waals surface area contributed by atoms with Gasteiger partial charge in [-0.25, -0.2) is 4.39 Å². The number of aliphatic carboxylic acids is 1. The van der Waals surface area contributed by atoms with Gasteiger partial charge in [0, 0.05) is 11.9 Å². The number of hydrogen-bond acceptors (Lipinski definition) is 3. The molecule has 24 heavy (non-hydrogen) atoms. The molecule has 2 rings (SSSR count). The van der Waals surface area contributed by atoms with E-state index in [0.717, 1.165) is 0 Å². The first kappa shape index (κ1) is 17.8. The van der Waals surface area contributed by atoms with Crippen molar-refractivity contribution in [1.82, 2.24) is 10.3 Å². The van der Waals surface area contributed by atoms with E-state index in [1.807, 2.05) is 0 Å². The standard InChI is InChI=1S/C17H21FN2O4/c1-4-17(5-2,16(22)23)9-19-15(21)12-8-10-13(24-3)7-6-11(18)14(10)20-12/h6-8,20H,4-5,9H2,1-3H3,(H,19,21)(H,22,23). The average Bonchev–Trinajstić information content (AvgIpc) is 3.02. The Hall–Kier alpha value is -2.57. The fourth-order valence-corrected chi connectivity index (χ4v) is 2.68. The maximum atomic E-state index is 13.9. The van der Waals surface area contributed by atoms with Crippen LogP contribution in [0.1, 0.15) is 37.2 Å². The molecule has 0 unspecified atom stereocenters. The van der Waals surface area contributed by atoms with Crippen molar-refractivity contribution in [3.8, 4) is 5.75 Å². The number of hydrogen-bond donors (Lipinski definition) is 3. The van der Waals surface area contributed by atoms with Crippen molar-refractivity contribution < 1.29 is 23.8 Å². The van der Waals surface area contributed by atoms with Crippen molar-refractivity contribution in [3.05, 3.63) is 29.7 Å². The smallest absolute Gasteiger partial charge is 0.311 e. The highest BCUT2D eigenvalue weighted by atomic mass is 19.1. The van der Waals surface area contributed by atoms with Crippen LogP contribution in [0.25, 0.3) is 10.9 Å². The van der Waals surface area contributed by atoms with Gasteiger partial charge in [0.15, 0.2) is 0 Å². The quantitative estimate of drug-likeness (QED) is 0.725. The first-order valence-electron chi connectivity index (χ1n) is 7.75. The molecule has 130 valence electrons. The summed E-state index contributed by atoms with van der Waals surface area (Å²) in [5.41, 5.74) is -0.681. The lowest BCUT2D eigenvalue weighted by molar-refractivity contribution is -0.149. The zero-order chi connectivity index (χ0) is 17.9. The molecule has 0 atom stereocenters. The fraction of sp³-hybridized carbons (Fsp3) is 0.412. The van der Waals surface area contributed by atoms with Gasteiger partial charge in [-0.05, 0) is 31.0 Å². The molecule has 0 aliphatic carbocycles. The van der Waals surface area contributed by atoms with Crippen LogP contribution in [0.3, 0.4) is 0 Å². The molecule has 0 saturated heterocycles. The number of rotatable bonds is 7. The van der Waals surface area contributed by atoms with Crippen LogP contribution in [-0.2, 0) is 4.79 Å². The maximum absolute atomic E-state index is 13.9. The van der Waals surface area contributed by atoms with Gasteiger partial charge in [-0.3, -0.25) is 9.59 Å². The van der Waals surface area contributed by atoms with Gasteiger partial charge in [0.1, 0.15) is 17.3 Å². The van der Waals surface area contributed by atoms with Crippen molar-refractivity contribution in [2.45, 2.75) is 26.7 Å². The maximum Gasteiger partial charge on any atom is 0.311 e. The van der Waals surface area contributed by atoms with E-state index >= 15 is 0 Å². The number of carbonyl (C=O) groups excluding carboxylic acids is 1. The summed E-state index contributed by atoms with van der Waals surface area (Å²) in [7, 11) is 1.46. The number of methoxy groups -OCH3 is 1. The van der Waals surface area contributed by atoms with Crippen molar-refractivity contribution in [2.24, 2.45) is 5.41 Å². The van der Waals surface area contributed by atoms with Gasteiger partial charge >= 0.3 is 5.97 Å². The molecule has 2 aromatic rings. The second-order valence-electron chi connectivity index (χ2n) is 5.70. The Morgan fingerprint density at radius 2 is 2.00 bits per heavy atom. The van der Waals surface area contributed by atoms with Crippen LogP contribution in [-0.4, -0.2) is 35.6 Å². The molecule has 6 nitrogen and oxygen atoms in total. The SMILES string of the molecule is CCC(CC)(CNC(=O)c1cc2c(OC)ccc(F)c2[nH]1)C(=O)O. The number of halogens is 1. The molecule has 3 N–H and O–H groups in total. The highest BCUT2D eigenvalue weighted by Gasteiger charge is 2.35. The molecule has 0 radical (unpaired) electrons. The molecule has 1 aromatic carbocycles. The Kier molecular flexibility index (Phi) is 5.11. The minimum atomic E-state index is -1.01. The predicted octanol–water partition coefficient (Wildman–Crippen LogP) is 2.94. The van der Waals surface area contributed by atoms with Gasteiger partial charge in [-0.1, -0.05) is 13.8 Å². The van der Waals surface area contributed by atoms with Crippen molar-refractivity contribution in [1.29, 1.82) is 0 Å². The molecular formula is C17H21FN2O4. The van der Waals surface area contributed by atoms with Crippen molar-refractivity contribution >= 4 is 22.8 Å². The monoisotopic (exact) mass is 336 g/mol. The fourth-order valence-electron chi connectivity index (χ4n) is 2.68. The Balaban J connectivity index is 2.26. The number of carboxylic acids is 1. The van der Waals surface area contributed by atoms with Gasteiger partial charge in [-0.15, -0.1) is 0 Å². The molecule has 1 heterocycles. The highest BCUT2D eigenvalue weighted by Crippen LogP contribution is 2.29. The summed E-state index contributed by atoms with van der Waals surface area (Å²) in [5.74, 6) is -1.48. The lowest BCUT2D eigenvalue weighted by Crippen LogP contribution is -2.42. The highest BCUT2D eigenvalue weighted by molar-refractivity contribution is 6.00. The van der Waals surface area contributed by atoms with Crippen LogP contribution in [0.2, 0.25) is 0 Å². The molecule has 7 heteroatoms. The largest absolute Gasteiger partial charge is 0.496 e. The third-order valence-electron chi connectivity index (χ3n) is 4.56. The number of amides is 1. The topological polar surface area (TPSA) is 91.4 Å². The van der Waals surface area contributed by atoms with Crippen LogP contribution in [0.5, 0.6) is 5.75 Å². The molecule has 0 spiro atoms. The van der Waals surface area contributed by atoms with Crippen LogP contribution in [0.4, 0.5) is 4.39 Å². The molecule has 1 aromatic heterocycles. The zero-order valence-electron chi connectivity index (χ0n) is 13.9. The second-order valence-corrected chi connectivity index (χ2v) is 5.70. The van der Waals surface area contributed by atoms with Gasteiger partial charge in [0.2, 0.25) is 0 Å². The van der Waals surface area contributed by atoms with Gasteiger partial charge in [0.25, 0.3) is 5.91 Å². The number of nitrogens with one attached hydrogen (secondary N) is 2. The van der Waals surface area contributed by atoms with Crippen LogP contribution in [0, 0.1) is 11.2 Å². The number of ether oxygens (including phenoxy) is 1. The van der Waals surface area contributed by atoms with E-state index in [0.29, 0.717) is 24.0 Å². The average molecular weight is 336 g/mol. The second kappa shape index (κ2) is 6.90. The summed E-state index contributed by atoms with van der Waals surface area (Å²) in [4.78, 5) is 26.5. The van der Waals surface area contributed by atoms with Crippen LogP contribution in [0.15, 0.2) is 18.2 Å². The first-order valence-corrected chi connectivity index (χ1v) is 7.75. The Morgan fingerprint density at radius 3 is 2.54 bits per heavy atom. The minimum absolute atomic E-state index is 0.00312. The number of benzene rings is 1. The number of aromatic nitrogens is 1. The van der Waals surface area contributed by atoms with Crippen molar-refractivity contribution in [3.63, 3.8) is 0 Å². The Labute approximate surface area is 139 Å². The van der Waals surface area contributed by atoms with E-state index in [9.17, 15) is 19.1 Å². The summed E-state index contributed by atoms with van der Waals surface area (Å²) in [6.45, 7) is 3.54. The number of H-pyrrole nitrogens is 1. The summed E-state index contributed by atoms with van der Waals surface area (Å²) < 4.78 is 19.0. The lowest BCUT2D eigenvalue weighted by Gasteiger charge is -2.26. The van der Waals surface area contributed by atoms with E-state index in [2.05, 4.69) is 10.3 Å². The molecule has 0 saturated carbocycles. The van der Waals surface area contributed by atoms with E-state index in [1.165, 1.54) is 25.3 Å². The molecular weight excluding hydrogens is 315 g/mol. The zero-order valence-corrected chi connectivity index (χ0v) is 13.9. The van der Waals surface area contributed by atoms with Crippen molar-refractivity contribution in [2.75, 3.05) is 13.7 Å². The van der Waals surface area contributed by atoms with E-state index in [1.54, 1.807) is 13.8 Å².